The zero-order valence-corrected chi connectivity index (χ0v) is 13.2. The summed E-state index contributed by atoms with van der Waals surface area (Å²) in [5.41, 5.74) is 0.458. The van der Waals surface area contributed by atoms with Gasteiger partial charge in [0.25, 0.3) is 5.91 Å². The molecular weight excluding hydrogens is 299 g/mol. The first-order valence-electron chi connectivity index (χ1n) is 7.54. The molecule has 0 aromatic carbocycles. The molecule has 23 heavy (non-hydrogen) atoms. The van der Waals surface area contributed by atoms with E-state index in [2.05, 4.69) is 15.1 Å². The Kier molecular flexibility index (Phi) is 4.22. The lowest BCUT2D eigenvalue weighted by molar-refractivity contribution is 0.0702. The van der Waals surface area contributed by atoms with Crippen molar-refractivity contribution in [3.05, 3.63) is 36.2 Å². The van der Waals surface area contributed by atoms with Crippen LogP contribution < -0.4 is 4.90 Å². The van der Waals surface area contributed by atoms with E-state index in [-0.39, 0.29) is 11.9 Å². The Labute approximate surface area is 133 Å². The van der Waals surface area contributed by atoms with Crippen molar-refractivity contribution in [3.8, 4) is 0 Å². The minimum Gasteiger partial charge on any atom is -0.341 e. The molecule has 3 rings (SSSR count). The number of carbonyl (C=O) groups is 1. The lowest BCUT2D eigenvalue weighted by Crippen LogP contribution is -2.46. The number of aryl methyl sites for hydroxylation is 1. The van der Waals surface area contributed by atoms with E-state index in [4.69, 9.17) is 0 Å². The smallest absolute Gasteiger partial charge is 0.274 e. The number of piperidine rings is 1. The van der Waals surface area contributed by atoms with Crippen molar-refractivity contribution in [2.45, 2.75) is 18.9 Å². The van der Waals surface area contributed by atoms with Gasteiger partial charge in [0.1, 0.15) is 5.69 Å². The second kappa shape index (κ2) is 6.31. The molecule has 2 aromatic heterocycles. The van der Waals surface area contributed by atoms with E-state index >= 15 is 0 Å². The molecule has 0 aliphatic carbocycles. The Morgan fingerprint density at radius 2 is 1.96 bits per heavy atom. The van der Waals surface area contributed by atoms with Crippen molar-refractivity contribution in [3.63, 3.8) is 0 Å². The highest BCUT2D eigenvalue weighted by atomic mass is 19.1. The molecule has 1 aliphatic rings. The van der Waals surface area contributed by atoms with Gasteiger partial charge in [-0.1, -0.05) is 0 Å². The van der Waals surface area contributed by atoms with E-state index < -0.39 is 5.82 Å². The minimum atomic E-state index is -0.440. The van der Waals surface area contributed by atoms with Crippen LogP contribution >= 0.6 is 0 Å². The molecule has 1 amide bonds. The Bertz CT molecular complexity index is 678. The molecule has 0 unspecified atom stereocenters. The topological polar surface area (TPSA) is 67.2 Å². The lowest BCUT2D eigenvalue weighted by Gasteiger charge is -2.36. The van der Waals surface area contributed by atoms with Crippen LogP contribution in [0.2, 0.25) is 0 Å². The molecule has 0 radical (unpaired) electrons. The van der Waals surface area contributed by atoms with Gasteiger partial charge >= 0.3 is 0 Å². The fourth-order valence-corrected chi connectivity index (χ4v) is 2.80. The van der Waals surface area contributed by atoms with Gasteiger partial charge in [-0.2, -0.15) is 5.10 Å². The van der Waals surface area contributed by atoms with Gasteiger partial charge in [0.15, 0.2) is 5.82 Å². The van der Waals surface area contributed by atoms with E-state index in [1.807, 2.05) is 11.9 Å². The lowest BCUT2D eigenvalue weighted by atomic mass is 10.0. The minimum absolute atomic E-state index is 0.0675. The molecule has 1 aliphatic heterocycles. The zero-order valence-electron chi connectivity index (χ0n) is 13.2. The molecule has 7 nitrogen and oxygen atoms in total. The third kappa shape index (κ3) is 3.30. The monoisotopic (exact) mass is 318 g/mol. The maximum absolute atomic E-state index is 12.9. The number of hydrogen-bond donors (Lipinski definition) is 0. The van der Waals surface area contributed by atoms with Crippen LogP contribution in [-0.4, -0.2) is 56.7 Å². The van der Waals surface area contributed by atoms with Crippen molar-refractivity contribution < 1.29 is 9.18 Å². The Morgan fingerprint density at radius 3 is 2.52 bits per heavy atom. The van der Waals surface area contributed by atoms with Gasteiger partial charge in [-0.15, -0.1) is 0 Å². The maximum atomic E-state index is 12.9. The standard InChI is InChI=1S/C15H19FN6O/c1-20-6-5-13(19-20)14(23)21(2)12-3-7-22(8-4-12)15-17-9-11(16)10-18-15/h5-6,9-10,12H,3-4,7-8H2,1-2H3. The SMILES string of the molecule is CN(C(=O)c1ccn(C)n1)C1CCN(c2ncc(F)cn2)CC1. The summed E-state index contributed by atoms with van der Waals surface area (Å²) in [6.07, 6.45) is 5.73. The predicted molar refractivity (Wildman–Crippen MR) is 82.5 cm³/mol. The van der Waals surface area contributed by atoms with E-state index in [9.17, 15) is 9.18 Å². The summed E-state index contributed by atoms with van der Waals surface area (Å²) in [4.78, 5) is 24.2. The zero-order chi connectivity index (χ0) is 16.4. The molecule has 1 fully saturated rings. The molecule has 0 bridgehead atoms. The maximum Gasteiger partial charge on any atom is 0.274 e. The van der Waals surface area contributed by atoms with Crippen molar-refractivity contribution in [2.24, 2.45) is 7.05 Å². The summed E-state index contributed by atoms with van der Waals surface area (Å²) in [6.45, 7) is 1.46. The van der Waals surface area contributed by atoms with Crippen LogP contribution in [0.5, 0.6) is 0 Å². The van der Waals surface area contributed by atoms with Crippen molar-refractivity contribution >= 4 is 11.9 Å². The van der Waals surface area contributed by atoms with Gasteiger partial charge in [-0.25, -0.2) is 14.4 Å². The van der Waals surface area contributed by atoms with Crippen molar-refractivity contribution in [1.82, 2.24) is 24.6 Å². The number of nitrogens with zero attached hydrogens (tertiary/aromatic N) is 6. The summed E-state index contributed by atoms with van der Waals surface area (Å²) in [6, 6.07) is 1.88. The van der Waals surface area contributed by atoms with Crippen LogP contribution in [0, 0.1) is 5.82 Å². The van der Waals surface area contributed by atoms with Crippen LogP contribution in [0.15, 0.2) is 24.7 Å². The van der Waals surface area contributed by atoms with Gasteiger partial charge in [0, 0.05) is 39.4 Å². The highest BCUT2D eigenvalue weighted by Crippen LogP contribution is 2.20. The molecule has 0 N–H and O–H groups in total. The highest BCUT2D eigenvalue weighted by Gasteiger charge is 2.27. The second-order valence-corrected chi connectivity index (χ2v) is 5.71. The fourth-order valence-electron chi connectivity index (χ4n) is 2.80. The molecular formula is C15H19FN6O. The van der Waals surface area contributed by atoms with Crippen LogP contribution in [0.1, 0.15) is 23.3 Å². The number of hydrogen-bond acceptors (Lipinski definition) is 5. The quantitative estimate of drug-likeness (QED) is 0.847. The summed E-state index contributed by atoms with van der Waals surface area (Å²) < 4.78 is 14.5. The molecule has 0 atom stereocenters. The van der Waals surface area contributed by atoms with Gasteiger partial charge in [0.2, 0.25) is 5.95 Å². The first-order valence-corrected chi connectivity index (χ1v) is 7.54. The summed E-state index contributed by atoms with van der Waals surface area (Å²) in [5.74, 6) is 0.0231. The average Bonchev–Trinajstić information content (AvgIpc) is 3.01. The first kappa shape index (κ1) is 15.4. The molecule has 3 heterocycles. The van der Waals surface area contributed by atoms with Gasteiger partial charge in [-0.3, -0.25) is 9.48 Å². The van der Waals surface area contributed by atoms with E-state index in [1.54, 1.807) is 28.9 Å². The van der Waals surface area contributed by atoms with Gasteiger partial charge in [0.05, 0.1) is 12.4 Å². The number of aromatic nitrogens is 4. The normalized spacial score (nSPS) is 15.7. The number of rotatable bonds is 3. The third-order valence-corrected chi connectivity index (χ3v) is 4.15. The molecule has 8 heteroatoms. The Morgan fingerprint density at radius 1 is 1.30 bits per heavy atom. The number of anilines is 1. The third-order valence-electron chi connectivity index (χ3n) is 4.15. The van der Waals surface area contributed by atoms with Crippen LogP contribution in [0.4, 0.5) is 10.3 Å². The molecule has 1 saturated heterocycles. The number of carbonyl (C=O) groups excluding carboxylic acids is 1. The van der Waals surface area contributed by atoms with Gasteiger partial charge < -0.3 is 9.80 Å². The Hall–Kier alpha value is -2.51. The van der Waals surface area contributed by atoms with Gasteiger partial charge in [-0.05, 0) is 18.9 Å². The van der Waals surface area contributed by atoms with E-state index in [1.165, 1.54) is 12.4 Å². The highest BCUT2D eigenvalue weighted by molar-refractivity contribution is 5.92. The first-order chi connectivity index (χ1) is 11.0. The number of amides is 1. The second-order valence-electron chi connectivity index (χ2n) is 5.71. The predicted octanol–water partition coefficient (Wildman–Crippen LogP) is 1.09. The Balaban J connectivity index is 1.60. The number of halogens is 1. The average molecular weight is 318 g/mol. The van der Waals surface area contributed by atoms with Crippen LogP contribution in [0.3, 0.4) is 0 Å². The summed E-state index contributed by atoms with van der Waals surface area (Å²) >= 11 is 0. The largest absolute Gasteiger partial charge is 0.341 e. The summed E-state index contributed by atoms with van der Waals surface area (Å²) in [7, 11) is 3.60. The molecule has 0 saturated carbocycles. The van der Waals surface area contributed by atoms with E-state index in [0.29, 0.717) is 11.6 Å². The molecule has 2 aromatic rings. The molecule has 0 spiro atoms. The van der Waals surface area contributed by atoms with Crippen molar-refractivity contribution in [2.75, 3.05) is 25.0 Å². The molecule has 122 valence electrons. The van der Waals surface area contributed by atoms with Crippen LogP contribution in [-0.2, 0) is 7.05 Å². The summed E-state index contributed by atoms with van der Waals surface area (Å²) in [5, 5.41) is 4.16. The van der Waals surface area contributed by atoms with Crippen molar-refractivity contribution in [1.29, 1.82) is 0 Å². The van der Waals surface area contributed by atoms with E-state index in [0.717, 1.165) is 25.9 Å². The van der Waals surface area contributed by atoms with Crippen LogP contribution in [0.25, 0.3) is 0 Å². The fraction of sp³-hybridized carbons (Fsp3) is 0.467.